The highest BCUT2D eigenvalue weighted by molar-refractivity contribution is 7.98. The topological polar surface area (TPSA) is 21.3 Å². The lowest BCUT2D eigenvalue weighted by molar-refractivity contribution is 0.227. The van der Waals surface area contributed by atoms with E-state index in [0.717, 1.165) is 25.3 Å². The smallest absolute Gasteiger partial charge is 0.123 e. The van der Waals surface area contributed by atoms with E-state index in [4.69, 9.17) is 4.74 Å². The Labute approximate surface area is 108 Å². The zero-order valence-electron chi connectivity index (χ0n) is 10.4. The summed E-state index contributed by atoms with van der Waals surface area (Å²) >= 11 is 1.92. The molecule has 2 rings (SSSR count). The van der Waals surface area contributed by atoms with Crippen LogP contribution in [0.15, 0.2) is 24.3 Å². The molecule has 0 fully saturated rings. The van der Waals surface area contributed by atoms with Crippen LogP contribution in [-0.2, 0) is 6.42 Å². The van der Waals surface area contributed by atoms with Crippen LogP contribution in [0.1, 0.15) is 18.4 Å². The predicted molar refractivity (Wildman–Crippen MR) is 75.0 cm³/mol. The maximum atomic E-state index is 5.87. The Hall–Kier alpha value is -0.670. The lowest BCUT2D eigenvalue weighted by Crippen LogP contribution is -2.30. The van der Waals surface area contributed by atoms with Gasteiger partial charge in [0, 0.05) is 13.0 Å². The number of ether oxygens (including phenoxy) is 1. The molecular weight excluding hydrogens is 230 g/mol. The number of rotatable bonds is 7. The summed E-state index contributed by atoms with van der Waals surface area (Å²) in [5, 5.41) is 3.49. The molecule has 1 aromatic carbocycles. The highest BCUT2D eigenvalue weighted by Gasteiger charge is 2.21. The van der Waals surface area contributed by atoms with Crippen LogP contribution in [0.3, 0.4) is 0 Å². The van der Waals surface area contributed by atoms with Crippen LogP contribution in [0.2, 0.25) is 0 Å². The Bertz CT molecular complexity index is 318. The number of fused-ring (bicyclic) bond motifs is 1. The molecule has 1 aliphatic heterocycles. The molecule has 1 unspecified atom stereocenters. The van der Waals surface area contributed by atoms with E-state index in [1.54, 1.807) is 0 Å². The summed E-state index contributed by atoms with van der Waals surface area (Å²) in [7, 11) is 0. The van der Waals surface area contributed by atoms with Gasteiger partial charge in [-0.3, -0.25) is 0 Å². The van der Waals surface area contributed by atoms with Crippen molar-refractivity contribution in [2.24, 2.45) is 0 Å². The van der Waals surface area contributed by atoms with Crippen LogP contribution in [0.4, 0.5) is 0 Å². The van der Waals surface area contributed by atoms with Crippen LogP contribution >= 0.6 is 11.8 Å². The first-order valence-electron chi connectivity index (χ1n) is 6.34. The Morgan fingerprint density at radius 3 is 3.06 bits per heavy atom. The van der Waals surface area contributed by atoms with Gasteiger partial charge in [-0.2, -0.15) is 11.8 Å². The number of unbranched alkanes of at least 4 members (excludes halogenated alkanes) is 1. The number of para-hydroxylation sites is 1. The van der Waals surface area contributed by atoms with Gasteiger partial charge in [0.15, 0.2) is 0 Å². The van der Waals surface area contributed by atoms with Crippen molar-refractivity contribution in [3.05, 3.63) is 29.8 Å². The lowest BCUT2D eigenvalue weighted by atomic mass is 10.1. The molecule has 1 N–H and O–H groups in total. The van der Waals surface area contributed by atoms with Gasteiger partial charge in [-0.25, -0.2) is 0 Å². The van der Waals surface area contributed by atoms with Gasteiger partial charge in [0.05, 0.1) is 0 Å². The first-order chi connectivity index (χ1) is 8.40. The van der Waals surface area contributed by atoms with Gasteiger partial charge >= 0.3 is 0 Å². The summed E-state index contributed by atoms with van der Waals surface area (Å²) in [5.74, 6) is 2.34. The summed E-state index contributed by atoms with van der Waals surface area (Å²) in [5.41, 5.74) is 1.35. The lowest BCUT2D eigenvalue weighted by Gasteiger charge is -2.11. The molecule has 1 aromatic rings. The average Bonchev–Trinajstić information content (AvgIpc) is 2.76. The molecule has 17 heavy (non-hydrogen) atoms. The van der Waals surface area contributed by atoms with Crippen molar-refractivity contribution in [3.8, 4) is 5.75 Å². The minimum absolute atomic E-state index is 0.327. The van der Waals surface area contributed by atoms with Gasteiger partial charge in [-0.15, -0.1) is 0 Å². The minimum Gasteiger partial charge on any atom is -0.488 e. The molecule has 94 valence electrons. The average molecular weight is 251 g/mol. The number of hydrogen-bond acceptors (Lipinski definition) is 3. The molecule has 0 saturated heterocycles. The Morgan fingerprint density at radius 2 is 2.24 bits per heavy atom. The quantitative estimate of drug-likeness (QED) is 0.753. The van der Waals surface area contributed by atoms with Gasteiger partial charge in [-0.05, 0) is 43.0 Å². The third kappa shape index (κ3) is 3.93. The number of benzene rings is 1. The fourth-order valence-electron chi connectivity index (χ4n) is 2.13. The van der Waals surface area contributed by atoms with E-state index >= 15 is 0 Å². The highest BCUT2D eigenvalue weighted by Crippen LogP contribution is 2.27. The van der Waals surface area contributed by atoms with Crippen molar-refractivity contribution < 1.29 is 4.74 Å². The van der Waals surface area contributed by atoms with Gasteiger partial charge in [0.1, 0.15) is 11.9 Å². The van der Waals surface area contributed by atoms with E-state index in [-0.39, 0.29) is 0 Å². The fraction of sp³-hybridized carbons (Fsp3) is 0.571. The van der Waals surface area contributed by atoms with Gasteiger partial charge < -0.3 is 10.1 Å². The van der Waals surface area contributed by atoms with Crippen molar-refractivity contribution in [1.29, 1.82) is 0 Å². The molecule has 1 aliphatic rings. The highest BCUT2D eigenvalue weighted by atomic mass is 32.2. The third-order valence-electron chi connectivity index (χ3n) is 3.04. The standard InChI is InChI=1S/C14H21NOS/c1-17-9-5-4-8-15-11-13-10-12-6-2-3-7-14(12)16-13/h2-3,6-7,13,15H,4-5,8-11H2,1H3. The number of thioether (sulfide) groups is 1. The molecule has 1 heterocycles. The second kappa shape index (κ2) is 6.92. The van der Waals surface area contributed by atoms with E-state index in [1.165, 1.54) is 24.2 Å². The zero-order valence-corrected chi connectivity index (χ0v) is 11.3. The van der Waals surface area contributed by atoms with Gasteiger partial charge in [0.2, 0.25) is 0 Å². The van der Waals surface area contributed by atoms with Crippen LogP contribution < -0.4 is 10.1 Å². The van der Waals surface area contributed by atoms with E-state index < -0.39 is 0 Å². The van der Waals surface area contributed by atoms with Crippen LogP contribution in [0.5, 0.6) is 5.75 Å². The number of hydrogen-bond donors (Lipinski definition) is 1. The van der Waals surface area contributed by atoms with Crippen LogP contribution in [-0.4, -0.2) is 31.2 Å². The third-order valence-corrected chi connectivity index (χ3v) is 3.73. The molecular formula is C14H21NOS. The summed E-state index contributed by atoms with van der Waals surface area (Å²) in [6.45, 7) is 2.07. The van der Waals surface area contributed by atoms with E-state index in [9.17, 15) is 0 Å². The molecule has 0 aromatic heterocycles. The molecule has 0 spiro atoms. The first-order valence-corrected chi connectivity index (χ1v) is 7.74. The zero-order chi connectivity index (χ0) is 11.9. The summed E-state index contributed by atoms with van der Waals surface area (Å²) in [6.07, 6.45) is 6.11. The second-order valence-corrected chi connectivity index (χ2v) is 5.44. The Kier molecular flexibility index (Phi) is 5.20. The molecule has 1 atom stereocenters. The van der Waals surface area contributed by atoms with Gasteiger partial charge in [0.25, 0.3) is 0 Å². The summed E-state index contributed by atoms with van der Waals surface area (Å²) in [6, 6.07) is 8.35. The molecule has 0 bridgehead atoms. The number of nitrogens with one attached hydrogen (secondary N) is 1. The fourth-order valence-corrected chi connectivity index (χ4v) is 2.62. The predicted octanol–water partition coefficient (Wildman–Crippen LogP) is 2.72. The van der Waals surface area contributed by atoms with Crippen molar-refractivity contribution in [3.63, 3.8) is 0 Å². The summed E-state index contributed by atoms with van der Waals surface area (Å²) in [4.78, 5) is 0. The molecule has 0 amide bonds. The van der Waals surface area contributed by atoms with Crippen molar-refractivity contribution in [2.75, 3.05) is 25.1 Å². The molecule has 0 aliphatic carbocycles. The van der Waals surface area contributed by atoms with E-state index in [0.29, 0.717) is 6.10 Å². The Morgan fingerprint density at radius 1 is 1.35 bits per heavy atom. The van der Waals surface area contributed by atoms with Crippen molar-refractivity contribution >= 4 is 11.8 Å². The van der Waals surface area contributed by atoms with Gasteiger partial charge in [-0.1, -0.05) is 18.2 Å². The molecule has 3 heteroatoms. The molecule has 2 nitrogen and oxygen atoms in total. The van der Waals surface area contributed by atoms with Crippen molar-refractivity contribution in [2.45, 2.75) is 25.4 Å². The normalized spacial score (nSPS) is 17.8. The maximum Gasteiger partial charge on any atom is 0.123 e. The minimum atomic E-state index is 0.327. The van der Waals surface area contributed by atoms with E-state index in [1.807, 2.05) is 17.8 Å². The maximum absolute atomic E-state index is 5.87. The molecule has 0 saturated carbocycles. The van der Waals surface area contributed by atoms with Crippen LogP contribution in [0, 0.1) is 0 Å². The van der Waals surface area contributed by atoms with E-state index in [2.05, 4.69) is 29.8 Å². The summed E-state index contributed by atoms with van der Waals surface area (Å²) < 4.78 is 5.87. The Balaban J connectivity index is 1.60. The monoisotopic (exact) mass is 251 g/mol. The second-order valence-electron chi connectivity index (χ2n) is 4.46. The van der Waals surface area contributed by atoms with Crippen LogP contribution in [0.25, 0.3) is 0 Å². The molecule has 0 radical (unpaired) electrons. The largest absolute Gasteiger partial charge is 0.488 e. The van der Waals surface area contributed by atoms with Crippen molar-refractivity contribution in [1.82, 2.24) is 5.32 Å². The SMILES string of the molecule is CSCCCCNCC1Cc2ccccc2O1. The first kappa shape index (κ1) is 12.8.